The quantitative estimate of drug-likeness (QED) is 0.854. The zero-order valence-electron chi connectivity index (χ0n) is 15.5. The average molecular weight is 317 g/mol. The molecule has 2 rings (SSSR count). The fourth-order valence-corrected chi connectivity index (χ4v) is 3.22. The zero-order chi connectivity index (χ0) is 17.1. The first-order valence-corrected chi connectivity index (χ1v) is 8.58. The molecule has 0 saturated carbocycles. The molecule has 1 saturated heterocycles. The van der Waals surface area contributed by atoms with Gasteiger partial charge in [0.25, 0.3) is 5.91 Å². The predicted octanol–water partition coefficient (Wildman–Crippen LogP) is 3.04. The van der Waals surface area contributed by atoms with E-state index in [1.54, 1.807) is 4.90 Å². The van der Waals surface area contributed by atoms with Crippen molar-refractivity contribution in [3.63, 3.8) is 0 Å². The van der Waals surface area contributed by atoms with Gasteiger partial charge in [0, 0.05) is 38.9 Å². The molecule has 0 bridgehead atoms. The van der Waals surface area contributed by atoms with Crippen LogP contribution in [0.15, 0.2) is 18.2 Å². The van der Waals surface area contributed by atoms with Gasteiger partial charge in [-0.3, -0.25) is 4.79 Å². The Morgan fingerprint density at radius 1 is 1.13 bits per heavy atom. The van der Waals surface area contributed by atoms with Crippen molar-refractivity contribution in [2.24, 2.45) is 0 Å². The molecule has 0 unspecified atom stereocenters. The van der Waals surface area contributed by atoms with Crippen molar-refractivity contribution >= 4 is 11.6 Å². The van der Waals surface area contributed by atoms with Crippen molar-refractivity contribution in [1.82, 2.24) is 9.80 Å². The van der Waals surface area contributed by atoms with Gasteiger partial charge >= 0.3 is 0 Å². The highest BCUT2D eigenvalue weighted by molar-refractivity contribution is 5.99. The molecule has 1 amide bonds. The zero-order valence-corrected chi connectivity index (χ0v) is 15.5. The van der Waals surface area contributed by atoms with Gasteiger partial charge in [0.15, 0.2) is 0 Å². The summed E-state index contributed by atoms with van der Waals surface area (Å²) in [5.74, 6) is 0.523. The standard InChI is InChI=1S/C19H31N3O/c1-14(2)15-7-8-18(17(13-15)19(23)21(5)6)22-11-9-16(10-12-22)20(3)4/h7-8,13-14,16H,9-12H2,1-6H3. The monoisotopic (exact) mass is 317 g/mol. The number of amides is 1. The van der Waals surface area contributed by atoms with Gasteiger partial charge in [0.1, 0.15) is 0 Å². The van der Waals surface area contributed by atoms with E-state index in [2.05, 4.69) is 55.9 Å². The second-order valence-corrected chi connectivity index (χ2v) is 7.31. The minimum absolute atomic E-state index is 0.0947. The van der Waals surface area contributed by atoms with Crippen LogP contribution in [0.25, 0.3) is 0 Å². The summed E-state index contributed by atoms with van der Waals surface area (Å²) in [7, 11) is 7.95. The molecule has 128 valence electrons. The summed E-state index contributed by atoms with van der Waals surface area (Å²) in [6.45, 7) is 6.36. The van der Waals surface area contributed by atoms with E-state index < -0.39 is 0 Å². The summed E-state index contributed by atoms with van der Waals surface area (Å²) >= 11 is 0. The third-order valence-electron chi connectivity index (χ3n) is 4.86. The lowest BCUT2D eigenvalue weighted by Gasteiger charge is -2.37. The number of anilines is 1. The highest BCUT2D eigenvalue weighted by atomic mass is 16.2. The molecule has 4 nitrogen and oxygen atoms in total. The average Bonchev–Trinajstić information content (AvgIpc) is 2.53. The first-order chi connectivity index (χ1) is 10.8. The van der Waals surface area contributed by atoms with E-state index >= 15 is 0 Å². The van der Waals surface area contributed by atoms with Crippen molar-refractivity contribution < 1.29 is 4.79 Å². The van der Waals surface area contributed by atoms with Crippen LogP contribution in [-0.2, 0) is 0 Å². The fourth-order valence-electron chi connectivity index (χ4n) is 3.22. The van der Waals surface area contributed by atoms with Crippen LogP contribution in [0.4, 0.5) is 5.69 Å². The van der Waals surface area contributed by atoms with Crippen molar-refractivity contribution in [2.75, 3.05) is 46.2 Å². The van der Waals surface area contributed by atoms with E-state index in [-0.39, 0.29) is 5.91 Å². The van der Waals surface area contributed by atoms with Crippen LogP contribution in [0.5, 0.6) is 0 Å². The van der Waals surface area contributed by atoms with Crippen molar-refractivity contribution in [3.8, 4) is 0 Å². The molecule has 1 aliphatic rings. The topological polar surface area (TPSA) is 26.8 Å². The highest BCUT2D eigenvalue weighted by Crippen LogP contribution is 2.29. The Bertz CT molecular complexity index is 544. The molecule has 1 aromatic carbocycles. The SMILES string of the molecule is CC(C)c1ccc(N2CCC(N(C)C)CC2)c(C(=O)N(C)C)c1. The van der Waals surface area contributed by atoms with Crippen LogP contribution in [0.2, 0.25) is 0 Å². The Kier molecular flexibility index (Phi) is 5.69. The number of nitrogens with zero attached hydrogens (tertiary/aromatic N) is 3. The maximum absolute atomic E-state index is 12.6. The molecule has 4 heteroatoms. The maximum Gasteiger partial charge on any atom is 0.255 e. The van der Waals surface area contributed by atoms with Gasteiger partial charge < -0.3 is 14.7 Å². The van der Waals surface area contributed by atoms with Gasteiger partial charge in [-0.25, -0.2) is 0 Å². The predicted molar refractivity (Wildman–Crippen MR) is 97.5 cm³/mol. The first kappa shape index (κ1) is 17.8. The Morgan fingerprint density at radius 3 is 2.22 bits per heavy atom. The fraction of sp³-hybridized carbons (Fsp3) is 0.632. The molecule has 23 heavy (non-hydrogen) atoms. The van der Waals surface area contributed by atoms with E-state index in [0.717, 1.165) is 37.2 Å². The van der Waals surface area contributed by atoms with Crippen LogP contribution in [0.3, 0.4) is 0 Å². The summed E-state index contributed by atoms with van der Waals surface area (Å²) in [6.07, 6.45) is 2.29. The van der Waals surface area contributed by atoms with Crippen molar-refractivity contribution in [2.45, 2.75) is 38.6 Å². The lowest BCUT2D eigenvalue weighted by atomic mass is 9.97. The molecule has 0 radical (unpaired) electrons. The molecule has 0 aromatic heterocycles. The third-order valence-corrected chi connectivity index (χ3v) is 4.86. The second-order valence-electron chi connectivity index (χ2n) is 7.31. The molecule has 0 N–H and O–H groups in total. The molecule has 0 spiro atoms. The van der Waals surface area contributed by atoms with Crippen LogP contribution >= 0.6 is 0 Å². The number of benzene rings is 1. The molecule has 1 aromatic rings. The molecule has 0 aliphatic carbocycles. The maximum atomic E-state index is 12.6. The van der Waals surface area contributed by atoms with E-state index in [0.29, 0.717) is 12.0 Å². The number of carbonyl (C=O) groups excluding carboxylic acids is 1. The van der Waals surface area contributed by atoms with Crippen LogP contribution in [0, 0.1) is 0 Å². The summed E-state index contributed by atoms with van der Waals surface area (Å²) < 4.78 is 0. The van der Waals surface area contributed by atoms with Crippen molar-refractivity contribution in [3.05, 3.63) is 29.3 Å². The Labute approximate surface area is 141 Å². The van der Waals surface area contributed by atoms with E-state index in [1.807, 2.05) is 14.1 Å². The summed E-state index contributed by atoms with van der Waals surface area (Å²) in [4.78, 5) is 19.0. The summed E-state index contributed by atoms with van der Waals surface area (Å²) in [5.41, 5.74) is 3.15. The van der Waals surface area contributed by atoms with E-state index in [4.69, 9.17) is 0 Å². The Balaban J connectivity index is 2.29. The molecule has 1 heterocycles. The first-order valence-electron chi connectivity index (χ1n) is 8.58. The normalized spacial score (nSPS) is 16.3. The number of rotatable bonds is 4. The van der Waals surface area contributed by atoms with Gasteiger partial charge in [-0.1, -0.05) is 19.9 Å². The van der Waals surface area contributed by atoms with Gasteiger partial charge in [-0.05, 0) is 50.6 Å². The van der Waals surface area contributed by atoms with Crippen LogP contribution in [-0.4, -0.2) is 63.0 Å². The minimum atomic E-state index is 0.0947. The number of hydrogen-bond donors (Lipinski definition) is 0. The molecule has 1 fully saturated rings. The van der Waals surface area contributed by atoms with E-state index in [9.17, 15) is 4.79 Å². The number of piperidine rings is 1. The van der Waals surface area contributed by atoms with Gasteiger partial charge in [0.05, 0.1) is 5.56 Å². The Morgan fingerprint density at radius 2 is 1.74 bits per heavy atom. The lowest BCUT2D eigenvalue weighted by molar-refractivity contribution is 0.0828. The smallest absolute Gasteiger partial charge is 0.255 e. The number of hydrogen-bond acceptors (Lipinski definition) is 3. The third kappa shape index (κ3) is 4.05. The molecular weight excluding hydrogens is 286 g/mol. The summed E-state index contributed by atoms with van der Waals surface area (Å²) in [5, 5.41) is 0. The van der Waals surface area contributed by atoms with Gasteiger partial charge in [-0.15, -0.1) is 0 Å². The minimum Gasteiger partial charge on any atom is -0.371 e. The van der Waals surface area contributed by atoms with Gasteiger partial charge in [-0.2, -0.15) is 0 Å². The van der Waals surface area contributed by atoms with Crippen LogP contribution in [0.1, 0.15) is 48.5 Å². The van der Waals surface area contributed by atoms with Crippen LogP contribution < -0.4 is 4.90 Å². The van der Waals surface area contributed by atoms with Crippen molar-refractivity contribution in [1.29, 1.82) is 0 Å². The Hall–Kier alpha value is -1.55. The largest absolute Gasteiger partial charge is 0.371 e. The second kappa shape index (κ2) is 7.35. The molecular formula is C19H31N3O. The lowest BCUT2D eigenvalue weighted by Crippen LogP contribution is -2.42. The summed E-state index contributed by atoms with van der Waals surface area (Å²) in [6, 6.07) is 7.04. The highest BCUT2D eigenvalue weighted by Gasteiger charge is 2.24. The molecule has 0 atom stereocenters. The molecule has 1 aliphatic heterocycles. The number of carbonyl (C=O) groups is 1. The van der Waals surface area contributed by atoms with Gasteiger partial charge in [0.2, 0.25) is 0 Å². The van der Waals surface area contributed by atoms with E-state index in [1.165, 1.54) is 5.56 Å².